The van der Waals surface area contributed by atoms with Gasteiger partial charge < -0.3 is 0 Å². The molecular weight excluding hydrogens is 172 g/mol. The van der Waals surface area contributed by atoms with E-state index in [9.17, 15) is 0 Å². The summed E-state index contributed by atoms with van der Waals surface area (Å²) in [6.45, 7) is 10.3. The van der Waals surface area contributed by atoms with Crippen molar-refractivity contribution in [3.8, 4) is 6.07 Å². The first-order valence-corrected chi connectivity index (χ1v) is 5.69. The SMILES string of the molecule is CC1CC(C)C(C)N(C(C)CC#N)C1. The minimum absolute atomic E-state index is 0.417. The number of hydrogen-bond acceptors (Lipinski definition) is 2. The topological polar surface area (TPSA) is 27.0 Å². The van der Waals surface area contributed by atoms with Crippen LogP contribution in [-0.2, 0) is 0 Å². The number of nitriles is 1. The molecule has 0 aromatic carbocycles. The largest absolute Gasteiger partial charge is 0.296 e. The fourth-order valence-electron chi connectivity index (χ4n) is 2.59. The van der Waals surface area contributed by atoms with Gasteiger partial charge in [0.1, 0.15) is 0 Å². The number of rotatable bonds is 2. The van der Waals surface area contributed by atoms with Crippen molar-refractivity contribution in [2.75, 3.05) is 6.54 Å². The molecule has 2 heteroatoms. The van der Waals surface area contributed by atoms with E-state index in [2.05, 4.69) is 38.7 Å². The van der Waals surface area contributed by atoms with Crippen molar-refractivity contribution >= 4 is 0 Å². The second-order valence-electron chi connectivity index (χ2n) is 4.97. The average molecular weight is 194 g/mol. The van der Waals surface area contributed by atoms with Crippen LogP contribution in [0.15, 0.2) is 0 Å². The van der Waals surface area contributed by atoms with E-state index < -0.39 is 0 Å². The molecule has 4 unspecified atom stereocenters. The lowest BCUT2D eigenvalue weighted by Gasteiger charge is -2.43. The van der Waals surface area contributed by atoms with Crippen molar-refractivity contribution in [2.45, 2.75) is 52.6 Å². The standard InChI is InChI=1S/C12H22N2/c1-9-7-10(2)12(4)14(8-9)11(3)5-6-13/h9-12H,5,7-8H2,1-4H3. The quantitative estimate of drug-likeness (QED) is 0.675. The molecule has 0 aromatic rings. The first kappa shape index (κ1) is 11.5. The molecule has 1 fully saturated rings. The van der Waals surface area contributed by atoms with Gasteiger partial charge in [-0.15, -0.1) is 0 Å². The highest BCUT2D eigenvalue weighted by Gasteiger charge is 2.31. The fraction of sp³-hybridized carbons (Fsp3) is 0.917. The summed E-state index contributed by atoms with van der Waals surface area (Å²) in [6.07, 6.45) is 1.99. The molecule has 1 rings (SSSR count). The molecule has 4 atom stereocenters. The minimum Gasteiger partial charge on any atom is -0.296 e. The zero-order valence-electron chi connectivity index (χ0n) is 9.83. The highest BCUT2D eigenvalue weighted by Crippen LogP contribution is 2.28. The Morgan fingerprint density at radius 3 is 2.64 bits per heavy atom. The maximum Gasteiger partial charge on any atom is 0.0638 e. The average Bonchev–Trinajstić information content (AvgIpc) is 2.11. The third-order valence-electron chi connectivity index (χ3n) is 3.60. The van der Waals surface area contributed by atoms with Gasteiger partial charge in [0.2, 0.25) is 0 Å². The van der Waals surface area contributed by atoms with Crippen LogP contribution in [0.2, 0.25) is 0 Å². The summed E-state index contributed by atoms with van der Waals surface area (Å²) in [5, 5.41) is 8.71. The lowest BCUT2D eigenvalue weighted by atomic mass is 9.85. The van der Waals surface area contributed by atoms with Crippen LogP contribution in [0.4, 0.5) is 0 Å². The van der Waals surface area contributed by atoms with Gasteiger partial charge in [-0.25, -0.2) is 0 Å². The molecule has 2 nitrogen and oxygen atoms in total. The Hall–Kier alpha value is -0.550. The smallest absolute Gasteiger partial charge is 0.0638 e. The molecule has 0 aliphatic carbocycles. The molecule has 1 saturated heterocycles. The highest BCUT2D eigenvalue weighted by molar-refractivity contribution is 4.88. The first-order chi connectivity index (χ1) is 6.56. The maximum absolute atomic E-state index is 8.71. The predicted molar refractivity (Wildman–Crippen MR) is 58.8 cm³/mol. The molecule has 1 heterocycles. The van der Waals surface area contributed by atoms with Gasteiger partial charge in [-0.05, 0) is 32.1 Å². The first-order valence-electron chi connectivity index (χ1n) is 5.69. The van der Waals surface area contributed by atoms with Crippen LogP contribution in [0.25, 0.3) is 0 Å². The van der Waals surface area contributed by atoms with Crippen LogP contribution in [0.3, 0.4) is 0 Å². The van der Waals surface area contributed by atoms with Gasteiger partial charge in [-0.1, -0.05) is 13.8 Å². The number of nitrogens with zero attached hydrogens (tertiary/aromatic N) is 2. The molecule has 0 amide bonds. The number of piperidine rings is 1. The molecule has 1 aliphatic rings. The lowest BCUT2D eigenvalue weighted by molar-refractivity contribution is 0.0481. The molecule has 0 bridgehead atoms. The summed E-state index contributed by atoms with van der Waals surface area (Å²) in [5.41, 5.74) is 0. The Balaban J connectivity index is 2.62. The van der Waals surface area contributed by atoms with E-state index in [4.69, 9.17) is 5.26 Å². The van der Waals surface area contributed by atoms with Crippen molar-refractivity contribution in [1.82, 2.24) is 4.90 Å². The molecule has 0 aromatic heterocycles. The minimum atomic E-state index is 0.417. The van der Waals surface area contributed by atoms with E-state index >= 15 is 0 Å². The summed E-state index contributed by atoms with van der Waals surface area (Å²) < 4.78 is 0. The maximum atomic E-state index is 8.71. The zero-order chi connectivity index (χ0) is 10.7. The predicted octanol–water partition coefficient (Wildman–Crippen LogP) is 2.65. The molecular formula is C12H22N2. The van der Waals surface area contributed by atoms with Crippen molar-refractivity contribution in [3.63, 3.8) is 0 Å². The van der Waals surface area contributed by atoms with Gasteiger partial charge in [-0.2, -0.15) is 5.26 Å². The molecule has 0 saturated carbocycles. The normalized spacial score (nSPS) is 36.4. The fourth-order valence-corrected chi connectivity index (χ4v) is 2.59. The molecule has 14 heavy (non-hydrogen) atoms. The third kappa shape index (κ3) is 2.48. The number of hydrogen-bond donors (Lipinski definition) is 0. The molecule has 0 spiro atoms. The van der Waals surface area contributed by atoms with E-state index in [1.807, 2.05) is 0 Å². The van der Waals surface area contributed by atoms with E-state index in [-0.39, 0.29) is 0 Å². The number of likely N-dealkylation sites (tertiary alicyclic amines) is 1. The van der Waals surface area contributed by atoms with Crippen LogP contribution in [0.5, 0.6) is 0 Å². The van der Waals surface area contributed by atoms with Crippen molar-refractivity contribution in [2.24, 2.45) is 11.8 Å². The van der Waals surface area contributed by atoms with Gasteiger partial charge in [0, 0.05) is 18.6 Å². The summed E-state index contributed by atoms with van der Waals surface area (Å²) >= 11 is 0. The summed E-state index contributed by atoms with van der Waals surface area (Å²) in [6, 6.07) is 3.32. The van der Waals surface area contributed by atoms with Crippen molar-refractivity contribution in [3.05, 3.63) is 0 Å². The Morgan fingerprint density at radius 2 is 2.07 bits per heavy atom. The van der Waals surface area contributed by atoms with E-state index in [1.54, 1.807) is 0 Å². The zero-order valence-corrected chi connectivity index (χ0v) is 9.83. The summed E-state index contributed by atoms with van der Waals surface area (Å²) in [4.78, 5) is 2.50. The van der Waals surface area contributed by atoms with Crippen molar-refractivity contribution in [1.29, 1.82) is 5.26 Å². The Bertz CT molecular complexity index is 219. The monoisotopic (exact) mass is 194 g/mol. The van der Waals surface area contributed by atoms with Crippen LogP contribution in [0.1, 0.15) is 40.5 Å². The third-order valence-corrected chi connectivity index (χ3v) is 3.60. The van der Waals surface area contributed by atoms with E-state index in [0.717, 1.165) is 18.4 Å². The van der Waals surface area contributed by atoms with Gasteiger partial charge in [-0.3, -0.25) is 4.90 Å². The van der Waals surface area contributed by atoms with E-state index in [0.29, 0.717) is 18.5 Å². The van der Waals surface area contributed by atoms with Gasteiger partial charge in [0.25, 0.3) is 0 Å². The Labute approximate surface area is 87.9 Å². The molecule has 0 N–H and O–H groups in total. The van der Waals surface area contributed by atoms with Gasteiger partial charge >= 0.3 is 0 Å². The van der Waals surface area contributed by atoms with Crippen LogP contribution in [-0.4, -0.2) is 23.5 Å². The highest BCUT2D eigenvalue weighted by atomic mass is 15.2. The van der Waals surface area contributed by atoms with Crippen molar-refractivity contribution < 1.29 is 0 Å². The molecule has 0 radical (unpaired) electrons. The molecule has 1 aliphatic heterocycles. The second kappa shape index (κ2) is 4.79. The Morgan fingerprint density at radius 1 is 1.43 bits per heavy atom. The Kier molecular flexibility index (Phi) is 3.95. The van der Waals surface area contributed by atoms with Gasteiger partial charge in [0.05, 0.1) is 12.5 Å². The summed E-state index contributed by atoms with van der Waals surface area (Å²) in [7, 11) is 0. The van der Waals surface area contributed by atoms with Crippen LogP contribution >= 0.6 is 0 Å². The lowest BCUT2D eigenvalue weighted by Crippen LogP contribution is -2.49. The molecule has 80 valence electrons. The summed E-state index contributed by atoms with van der Waals surface area (Å²) in [5.74, 6) is 1.54. The van der Waals surface area contributed by atoms with E-state index in [1.165, 1.54) is 6.42 Å². The van der Waals surface area contributed by atoms with Gasteiger partial charge in [0.15, 0.2) is 0 Å². The second-order valence-corrected chi connectivity index (χ2v) is 4.97. The van der Waals surface area contributed by atoms with Crippen LogP contribution < -0.4 is 0 Å². The van der Waals surface area contributed by atoms with Crippen LogP contribution in [0, 0.1) is 23.2 Å².